The van der Waals surface area contributed by atoms with Crippen molar-refractivity contribution in [2.45, 2.75) is 39.3 Å². The largest absolute Gasteiger partial charge is 0.381 e. The first-order valence-electron chi connectivity index (χ1n) is 5.78. The zero-order valence-electron chi connectivity index (χ0n) is 11.1. The highest BCUT2D eigenvalue weighted by Crippen LogP contribution is 2.19. The third-order valence-electron chi connectivity index (χ3n) is 2.39. The topological polar surface area (TPSA) is 68.3 Å². The van der Waals surface area contributed by atoms with Gasteiger partial charge in [0, 0.05) is 18.4 Å². The lowest BCUT2D eigenvalue weighted by molar-refractivity contribution is 0.136. The van der Waals surface area contributed by atoms with Crippen LogP contribution >= 0.6 is 11.3 Å². The normalized spacial score (nSPS) is 14.1. The number of hydrogen-bond donors (Lipinski definition) is 1. The summed E-state index contributed by atoms with van der Waals surface area (Å²) >= 11 is 1.56. The van der Waals surface area contributed by atoms with Crippen LogP contribution in [0.1, 0.15) is 37.4 Å². The van der Waals surface area contributed by atoms with Crippen molar-refractivity contribution in [1.82, 2.24) is 9.71 Å². The highest BCUT2D eigenvalue weighted by Gasteiger charge is 2.15. The molecule has 0 saturated heterocycles. The van der Waals surface area contributed by atoms with Crippen molar-refractivity contribution in [3.05, 3.63) is 16.1 Å². The molecule has 0 bridgehead atoms. The van der Waals surface area contributed by atoms with E-state index in [0.717, 1.165) is 10.7 Å². The summed E-state index contributed by atoms with van der Waals surface area (Å²) in [5.41, 5.74) is 0.761. The van der Waals surface area contributed by atoms with Crippen molar-refractivity contribution in [1.29, 1.82) is 0 Å². The minimum Gasteiger partial charge on any atom is -0.381 e. The van der Waals surface area contributed by atoms with Gasteiger partial charge in [0.1, 0.15) is 0 Å². The van der Waals surface area contributed by atoms with Gasteiger partial charge < -0.3 is 4.74 Å². The van der Waals surface area contributed by atoms with Gasteiger partial charge in [0.25, 0.3) is 0 Å². The lowest BCUT2D eigenvalue weighted by Gasteiger charge is -2.10. The van der Waals surface area contributed by atoms with Crippen LogP contribution in [0.4, 0.5) is 0 Å². The molecule has 0 saturated carbocycles. The van der Waals surface area contributed by atoms with Gasteiger partial charge in [0.15, 0.2) is 0 Å². The van der Waals surface area contributed by atoms with Crippen molar-refractivity contribution in [2.24, 2.45) is 0 Å². The summed E-state index contributed by atoms with van der Waals surface area (Å²) in [7, 11) is -1.82. The van der Waals surface area contributed by atoms with Crippen LogP contribution in [-0.2, 0) is 21.3 Å². The van der Waals surface area contributed by atoms with E-state index in [1.807, 2.05) is 5.38 Å². The fourth-order valence-electron chi connectivity index (χ4n) is 1.29. The van der Waals surface area contributed by atoms with Crippen LogP contribution in [-0.4, -0.2) is 32.4 Å². The predicted octanol–water partition coefficient (Wildman–Crippen LogP) is 1.72. The Morgan fingerprint density at radius 1 is 1.44 bits per heavy atom. The van der Waals surface area contributed by atoms with Gasteiger partial charge in [-0.25, -0.2) is 18.1 Å². The summed E-state index contributed by atoms with van der Waals surface area (Å²) in [6, 6.07) is 0. The molecular weight excluding hydrogens is 272 g/mol. The van der Waals surface area contributed by atoms with Crippen LogP contribution in [0.2, 0.25) is 0 Å². The zero-order chi connectivity index (χ0) is 13.8. The predicted molar refractivity (Wildman–Crippen MR) is 73.3 cm³/mol. The third kappa shape index (κ3) is 5.01. The molecule has 0 fully saturated rings. The fourth-order valence-corrected chi connectivity index (χ4v) is 3.36. The summed E-state index contributed by atoms with van der Waals surface area (Å²) < 4.78 is 30.9. The molecule has 0 radical (unpaired) electrons. The molecule has 1 aromatic rings. The SMILES string of the molecule is CO[C@@H](C)CS(=O)(=O)NCc1csc(C(C)C)n1. The Bertz CT molecular complexity index is 468. The smallest absolute Gasteiger partial charge is 0.214 e. The quantitative estimate of drug-likeness (QED) is 0.831. The second-order valence-electron chi connectivity index (χ2n) is 4.48. The summed E-state index contributed by atoms with van der Waals surface area (Å²) in [6.45, 7) is 6.08. The second-order valence-corrected chi connectivity index (χ2v) is 7.22. The molecule has 0 spiro atoms. The highest BCUT2D eigenvalue weighted by atomic mass is 32.2. The van der Waals surface area contributed by atoms with E-state index >= 15 is 0 Å². The molecule has 1 N–H and O–H groups in total. The minimum absolute atomic E-state index is 0.0370. The summed E-state index contributed by atoms with van der Waals surface area (Å²) in [5, 5.41) is 2.91. The van der Waals surface area contributed by atoms with E-state index in [4.69, 9.17) is 4.74 Å². The number of methoxy groups -OCH3 is 1. The first-order valence-corrected chi connectivity index (χ1v) is 8.31. The molecule has 7 heteroatoms. The highest BCUT2D eigenvalue weighted by molar-refractivity contribution is 7.89. The summed E-state index contributed by atoms with van der Waals surface area (Å²) in [5.74, 6) is 0.332. The Kier molecular flexibility index (Phi) is 5.71. The van der Waals surface area contributed by atoms with Gasteiger partial charge in [0.2, 0.25) is 10.0 Å². The average molecular weight is 292 g/mol. The van der Waals surface area contributed by atoms with E-state index in [1.54, 1.807) is 18.3 Å². The molecule has 0 aliphatic rings. The molecule has 18 heavy (non-hydrogen) atoms. The Hall–Kier alpha value is -0.500. The number of nitrogens with one attached hydrogen (secondary N) is 1. The van der Waals surface area contributed by atoms with Crippen LogP contribution in [0.25, 0.3) is 0 Å². The number of ether oxygens (including phenoxy) is 1. The maximum Gasteiger partial charge on any atom is 0.214 e. The molecule has 0 amide bonds. The molecule has 0 unspecified atom stereocenters. The molecule has 5 nitrogen and oxygen atoms in total. The maximum atomic E-state index is 11.7. The van der Waals surface area contributed by atoms with Crippen LogP contribution in [0.5, 0.6) is 0 Å². The molecule has 1 aromatic heterocycles. The van der Waals surface area contributed by atoms with E-state index in [1.165, 1.54) is 7.11 Å². The van der Waals surface area contributed by atoms with E-state index in [0.29, 0.717) is 5.92 Å². The molecular formula is C11H20N2O3S2. The van der Waals surface area contributed by atoms with Crippen LogP contribution in [0.15, 0.2) is 5.38 Å². The Balaban J connectivity index is 2.53. The van der Waals surface area contributed by atoms with Crippen LogP contribution in [0.3, 0.4) is 0 Å². The van der Waals surface area contributed by atoms with Crippen LogP contribution in [0, 0.1) is 0 Å². The number of sulfonamides is 1. The standard InChI is InChI=1S/C11H20N2O3S2/c1-8(2)11-13-10(6-17-11)5-12-18(14,15)7-9(3)16-4/h6,8-9,12H,5,7H2,1-4H3/t9-/m0/s1. The zero-order valence-corrected chi connectivity index (χ0v) is 12.8. The first-order chi connectivity index (χ1) is 8.34. The molecule has 0 aromatic carbocycles. The second kappa shape index (κ2) is 6.60. The van der Waals surface area contributed by atoms with E-state index in [2.05, 4.69) is 23.6 Å². The first kappa shape index (κ1) is 15.6. The molecule has 1 rings (SSSR count). The summed E-state index contributed by atoms with van der Waals surface area (Å²) in [6.07, 6.45) is -0.316. The van der Waals surface area contributed by atoms with Gasteiger partial charge in [-0.05, 0) is 6.92 Å². The molecule has 0 aliphatic heterocycles. The third-order valence-corrected chi connectivity index (χ3v) is 5.08. The molecule has 104 valence electrons. The van der Waals surface area contributed by atoms with Gasteiger partial charge in [-0.1, -0.05) is 13.8 Å². The summed E-state index contributed by atoms with van der Waals surface area (Å²) in [4.78, 5) is 4.37. The van der Waals surface area contributed by atoms with Crippen molar-refractivity contribution in [3.63, 3.8) is 0 Å². The number of thiazole rings is 1. The van der Waals surface area contributed by atoms with Crippen molar-refractivity contribution in [3.8, 4) is 0 Å². The number of nitrogens with zero attached hydrogens (tertiary/aromatic N) is 1. The molecule has 1 heterocycles. The van der Waals surface area contributed by atoms with E-state index in [-0.39, 0.29) is 18.4 Å². The van der Waals surface area contributed by atoms with Gasteiger partial charge >= 0.3 is 0 Å². The van der Waals surface area contributed by atoms with Crippen molar-refractivity contribution < 1.29 is 13.2 Å². The molecule has 0 aliphatic carbocycles. The molecule has 1 atom stereocenters. The Morgan fingerprint density at radius 2 is 2.11 bits per heavy atom. The van der Waals surface area contributed by atoms with Gasteiger partial charge in [0.05, 0.1) is 29.1 Å². The van der Waals surface area contributed by atoms with E-state index in [9.17, 15) is 8.42 Å². The monoisotopic (exact) mass is 292 g/mol. The lowest BCUT2D eigenvalue weighted by atomic mass is 10.2. The Morgan fingerprint density at radius 3 is 2.61 bits per heavy atom. The Labute approximate surface area is 113 Å². The fraction of sp³-hybridized carbons (Fsp3) is 0.727. The van der Waals surface area contributed by atoms with E-state index < -0.39 is 10.0 Å². The number of aromatic nitrogens is 1. The van der Waals surface area contributed by atoms with Gasteiger partial charge in [-0.15, -0.1) is 11.3 Å². The van der Waals surface area contributed by atoms with Crippen LogP contribution < -0.4 is 4.72 Å². The van der Waals surface area contributed by atoms with Gasteiger partial charge in [-0.2, -0.15) is 0 Å². The van der Waals surface area contributed by atoms with Crippen molar-refractivity contribution in [2.75, 3.05) is 12.9 Å². The number of hydrogen-bond acceptors (Lipinski definition) is 5. The average Bonchev–Trinajstić information content (AvgIpc) is 2.74. The maximum absolute atomic E-state index is 11.7. The number of rotatable bonds is 7. The lowest BCUT2D eigenvalue weighted by Crippen LogP contribution is -2.31. The minimum atomic E-state index is -3.31. The van der Waals surface area contributed by atoms with Crippen molar-refractivity contribution >= 4 is 21.4 Å². The van der Waals surface area contributed by atoms with Gasteiger partial charge in [-0.3, -0.25) is 0 Å².